The summed E-state index contributed by atoms with van der Waals surface area (Å²) in [5.41, 5.74) is 1.98. The molecule has 0 spiro atoms. The van der Waals surface area contributed by atoms with E-state index >= 15 is 0 Å². The van der Waals surface area contributed by atoms with Gasteiger partial charge >= 0.3 is 0 Å². The number of nitrogens with zero attached hydrogens (tertiary/aromatic N) is 4. The van der Waals surface area contributed by atoms with E-state index in [1.54, 1.807) is 4.68 Å². The third-order valence-electron chi connectivity index (χ3n) is 4.33. The predicted molar refractivity (Wildman–Crippen MR) is 92.1 cm³/mol. The van der Waals surface area contributed by atoms with Crippen LogP contribution in [0.15, 0.2) is 18.2 Å². The minimum Gasteiger partial charge on any atom is -0.367 e. The molecule has 1 aliphatic carbocycles. The number of amides is 1. The topological polar surface area (TPSA) is 84.7 Å². The fourth-order valence-electron chi connectivity index (χ4n) is 3.10. The molecule has 0 atom stereocenters. The van der Waals surface area contributed by atoms with Crippen LogP contribution >= 0.6 is 0 Å². The van der Waals surface area contributed by atoms with Gasteiger partial charge in [-0.25, -0.2) is 4.68 Å². The highest BCUT2D eigenvalue weighted by molar-refractivity contribution is 5.78. The highest BCUT2D eigenvalue weighted by atomic mass is 16.1. The lowest BCUT2D eigenvalue weighted by Gasteiger charge is -2.11. The van der Waals surface area contributed by atoms with E-state index in [1.807, 2.05) is 32.0 Å². The zero-order chi connectivity index (χ0) is 16.9. The molecule has 7 nitrogen and oxygen atoms in total. The molecule has 1 fully saturated rings. The third kappa shape index (κ3) is 3.90. The Bertz CT molecular complexity index is 688. The number of carbonyl (C=O) groups is 1. The van der Waals surface area contributed by atoms with Gasteiger partial charge in [0.25, 0.3) is 0 Å². The predicted octanol–water partition coefficient (Wildman–Crippen LogP) is 2.00. The fourth-order valence-corrected chi connectivity index (χ4v) is 3.10. The summed E-state index contributed by atoms with van der Waals surface area (Å²) < 4.78 is 1.77. The maximum absolute atomic E-state index is 11.9. The number of anilines is 1. The maximum atomic E-state index is 11.9. The Labute approximate surface area is 141 Å². The Hall–Kier alpha value is -2.44. The normalized spacial score (nSPS) is 14.8. The Morgan fingerprint density at radius 1 is 1.21 bits per heavy atom. The van der Waals surface area contributed by atoms with Crippen molar-refractivity contribution in [3.05, 3.63) is 29.6 Å². The van der Waals surface area contributed by atoms with Gasteiger partial charge in [0.15, 0.2) is 5.82 Å². The van der Waals surface area contributed by atoms with Crippen LogP contribution < -0.4 is 10.6 Å². The van der Waals surface area contributed by atoms with Crippen molar-refractivity contribution in [1.29, 1.82) is 0 Å². The van der Waals surface area contributed by atoms with Gasteiger partial charge in [0.2, 0.25) is 5.91 Å². The highest BCUT2D eigenvalue weighted by Gasteiger charge is 2.21. The lowest BCUT2D eigenvalue weighted by Crippen LogP contribution is -2.33. The molecule has 2 N–H and O–H groups in total. The van der Waals surface area contributed by atoms with Crippen molar-refractivity contribution in [1.82, 2.24) is 25.3 Å². The van der Waals surface area contributed by atoms with Gasteiger partial charge in [0.05, 0.1) is 5.69 Å². The van der Waals surface area contributed by atoms with Crippen molar-refractivity contribution in [2.75, 3.05) is 18.4 Å². The van der Waals surface area contributed by atoms with E-state index in [4.69, 9.17) is 0 Å². The smallest absolute Gasteiger partial charge is 0.223 e. The second-order valence-electron chi connectivity index (χ2n) is 6.31. The molecule has 0 bridgehead atoms. The second kappa shape index (κ2) is 7.42. The van der Waals surface area contributed by atoms with Gasteiger partial charge in [0, 0.05) is 24.7 Å². The number of hydrogen-bond donors (Lipinski definition) is 2. The summed E-state index contributed by atoms with van der Waals surface area (Å²) in [7, 11) is 0. The van der Waals surface area contributed by atoms with Crippen LogP contribution in [0.5, 0.6) is 0 Å². The molecular weight excluding hydrogens is 304 g/mol. The summed E-state index contributed by atoms with van der Waals surface area (Å²) in [5.74, 6) is 1.78. The Balaban J connectivity index is 1.46. The van der Waals surface area contributed by atoms with Gasteiger partial charge in [-0.05, 0) is 44.9 Å². The summed E-state index contributed by atoms with van der Waals surface area (Å²) in [4.78, 5) is 11.9. The molecule has 0 aromatic carbocycles. The average molecular weight is 328 g/mol. The van der Waals surface area contributed by atoms with Crippen molar-refractivity contribution in [2.24, 2.45) is 5.92 Å². The molecule has 0 radical (unpaired) electrons. The number of aromatic nitrogens is 4. The maximum Gasteiger partial charge on any atom is 0.223 e. The van der Waals surface area contributed by atoms with Crippen molar-refractivity contribution >= 4 is 11.7 Å². The SMILES string of the molecule is Cc1cc(C)n(-c2ccc(NCCNC(=O)C3CCCC3)nn2)n1. The van der Waals surface area contributed by atoms with Gasteiger partial charge in [-0.1, -0.05) is 12.8 Å². The molecule has 128 valence electrons. The molecule has 3 rings (SSSR count). The molecule has 2 aromatic heterocycles. The van der Waals surface area contributed by atoms with Crippen molar-refractivity contribution in [2.45, 2.75) is 39.5 Å². The van der Waals surface area contributed by atoms with E-state index in [2.05, 4.69) is 25.9 Å². The van der Waals surface area contributed by atoms with E-state index in [1.165, 1.54) is 12.8 Å². The monoisotopic (exact) mass is 328 g/mol. The first-order chi connectivity index (χ1) is 11.6. The summed E-state index contributed by atoms with van der Waals surface area (Å²) in [6.45, 7) is 5.16. The second-order valence-corrected chi connectivity index (χ2v) is 6.31. The van der Waals surface area contributed by atoms with Crippen LogP contribution in [0.1, 0.15) is 37.1 Å². The van der Waals surface area contributed by atoms with Gasteiger partial charge in [-0.2, -0.15) is 5.10 Å². The van der Waals surface area contributed by atoms with E-state index in [0.717, 1.165) is 24.2 Å². The Morgan fingerprint density at radius 3 is 2.62 bits per heavy atom. The lowest BCUT2D eigenvalue weighted by atomic mass is 10.1. The highest BCUT2D eigenvalue weighted by Crippen LogP contribution is 2.24. The molecule has 7 heteroatoms. The molecule has 1 amide bonds. The van der Waals surface area contributed by atoms with Crippen LogP contribution in [-0.4, -0.2) is 39.0 Å². The van der Waals surface area contributed by atoms with E-state index in [0.29, 0.717) is 24.7 Å². The van der Waals surface area contributed by atoms with E-state index in [-0.39, 0.29) is 11.8 Å². The molecule has 1 aliphatic rings. The van der Waals surface area contributed by atoms with Crippen LogP contribution in [-0.2, 0) is 4.79 Å². The molecule has 0 unspecified atom stereocenters. The molecule has 0 aliphatic heterocycles. The lowest BCUT2D eigenvalue weighted by molar-refractivity contribution is -0.124. The number of rotatable bonds is 6. The summed E-state index contributed by atoms with van der Waals surface area (Å²) in [6, 6.07) is 5.75. The quantitative estimate of drug-likeness (QED) is 0.792. The Morgan fingerprint density at radius 2 is 2.00 bits per heavy atom. The van der Waals surface area contributed by atoms with Gasteiger partial charge < -0.3 is 10.6 Å². The first-order valence-electron chi connectivity index (χ1n) is 8.52. The van der Waals surface area contributed by atoms with Crippen molar-refractivity contribution in [3.63, 3.8) is 0 Å². The summed E-state index contributed by atoms with van der Waals surface area (Å²) in [6.07, 6.45) is 4.40. The minimum atomic E-state index is 0.181. The molecule has 2 heterocycles. The fraction of sp³-hybridized carbons (Fsp3) is 0.529. The number of hydrogen-bond acceptors (Lipinski definition) is 5. The molecule has 0 saturated heterocycles. The van der Waals surface area contributed by atoms with Crippen LogP contribution in [0.4, 0.5) is 5.82 Å². The van der Waals surface area contributed by atoms with Crippen molar-refractivity contribution < 1.29 is 4.79 Å². The average Bonchev–Trinajstić information content (AvgIpc) is 3.22. The zero-order valence-corrected chi connectivity index (χ0v) is 14.2. The van der Waals surface area contributed by atoms with Crippen LogP contribution in [0.2, 0.25) is 0 Å². The minimum absolute atomic E-state index is 0.181. The first kappa shape index (κ1) is 16.4. The van der Waals surface area contributed by atoms with Crippen molar-refractivity contribution in [3.8, 4) is 5.82 Å². The van der Waals surface area contributed by atoms with Gasteiger partial charge in [0.1, 0.15) is 5.82 Å². The molecular formula is C17H24N6O. The zero-order valence-electron chi connectivity index (χ0n) is 14.2. The van der Waals surface area contributed by atoms with Crippen LogP contribution in [0, 0.1) is 19.8 Å². The molecule has 2 aromatic rings. The van der Waals surface area contributed by atoms with Gasteiger partial charge in [-0.15, -0.1) is 10.2 Å². The first-order valence-corrected chi connectivity index (χ1v) is 8.52. The number of aryl methyl sites for hydroxylation is 2. The number of nitrogens with one attached hydrogen (secondary N) is 2. The largest absolute Gasteiger partial charge is 0.367 e. The van der Waals surface area contributed by atoms with Gasteiger partial charge in [-0.3, -0.25) is 4.79 Å². The molecule has 1 saturated carbocycles. The summed E-state index contributed by atoms with van der Waals surface area (Å²) >= 11 is 0. The van der Waals surface area contributed by atoms with E-state index < -0.39 is 0 Å². The summed E-state index contributed by atoms with van der Waals surface area (Å²) in [5, 5.41) is 18.9. The van der Waals surface area contributed by atoms with E-state index in [9.17, 15) is 4.79 Å². The standard InChI is InChI=1S/C17H24N6O/c1-12-11-13(2)23(22-12)16-8-7-15(20-21-16)18-9-10-19-17(24)14-5-3-4-6-14/h7-8,11,14H,3-6,9-10H2,1-2H3,(H,18,20)(H,19,24). The number of carbonyl (C=O) groups excluding carboxylic acids is 1. The third-order valence-corrected chi connectivity index (χ3v) is 4.33. The Kier molecular flexibility index (Phi) is 5.08. The van der Waals surface area contributed by atoms with Crippen LogP contribution in [0.3, 0.4) is 0 Å². The van der Waals surface area contributed by atoms with Crippen LogP contribution in [0.25, 0.3) is 5.82 Å². The molecule has 24 heavy (non-hydrogen) atoms.